The molecule has 2 aliphatic rings. The molecule has 1 aromatic carbocycles. The van der Waals surface area contributed by atoms with E-state index in [2.05, 4.69) is 20.6 Å². The Kier molecular flexibility index (Phi) is 9.06. The molecule has 1 saturated heterocycles. The largest absolute Gasteiger partial charge is 0.467 e. The number of carbonyl (C=O) groups is 1. The third kappa shape index (κ3) is 7.34. The molecule has 2 fully saturated rings. The van der Waals surface area contributed by atoms with Gasteiger partial charge in [0, 0.05) is 6.04 Å². The first-order valence-electron chi connectivity index (χ1n) is 13.5. The lowest BCUT2D eigenvalue weighted by atomic mass is 9.95. The Bertz CT molecular complexity index is 1400. The van der Waals surface area contributed by atoms with E-state index in [0.717, 1.165) is 73.0 Å². The van der Waals surface area contributed by atoms with Gasteiger partial charge in [0.25, 0.3) is 5.72 Å². The molecule has 3 heterocycles. The van der Waals surface area contributed by atoms with E-state index >= 15 is 0 Å². The molecule has 3 aromatic rings. The van der Waals surface area contributed by atoms with Crippen LogP contribution in [0.3, 0.4) is 0 Å². The van der Waals surface area contributed by atoms with Gasteiger partial charge in [0.1, 0.15) is 18.0 Å². The zero-order valence-corrected chi connectivity index (χ0v) is 23.5. The van der Waals surface area contributed by atoms with Crippen molar-refractivity contribution >= 4 is 28.5 Å². The number of hydrogen-bond acceptors (Lipinski definition) is 7. The number of thioether (sulfide) groups is 1. The first-order valence-corrected chi connectivity index (χ1v) is 14.5. The van der Waals surface area contributed by atoms with Gasteiger partial charge >= 0.3 is 12.4 Å². The van der Waals surface area contributed by atoms with Crippen LogP contribution in [0.15, 0.2) is 58.3 Å². The minimum Gasteiger partial charge on any atom is -0.467 e. The molecule has 1 aliphatic carbocycles. The van der Waals surface area contributed by atoms with Crippen molar-refractivity contribution in [3.63, 3.8) is 0 Å². The number of alkyl halides is 6. The molecule has 9 nitrogen and oxygen atoms in total. The maximum atomic E-state index is 14.8. The van der Waals surface area contributed by atoms with E-state index in [1.807, 2.05) is 0 Å². The van der Waals surface area contributed by atoms with Gasteiger partial charge in [-0.1, -0.05) is 36.2 Å². The lowest BCUT2D eigenvalue weighted by Crippen LogP contribution is -2.59. The number of furan rings is 1. The zero-order valence-electron chi connectivity index (χ0n) is 22.7. The second kappa shape index (κ2) is 12.6. The third-order valence-electron chi connectivity index (χ3n) is 7.14. The summed E-state index contributed by atoms with van der Waals surface area (Å²) in [5.74, 6) is -0.694. The number of rotatable bonds is 9. The van der Waals surface area contributed by atoms with E-state index in [1.54, 1.807) is 0 Å². The summed E-state index contributed by atoms with van der Waals surface area (Å²) in [5.41, 5.74) is -3.68. The van der Waals surface area contributed by atoms with Gasteiger partial charge in [-0.2, -0.15) is 26.3 Å². The van der Waals surface area contributed by atoms with Crippen molar-refractivity contribution in [1.29, 1.82) is 0 Å². The van der Waals surface area contributed by atoms with Crippen LogP contribution in [0, 0.1) is 0 Å². The maximum absolute atomic E-state index is 14.8. The molecule has 1 N–H and O–H groups in total. The number of amides is 1. The van der Waals surface area contributed by atoms with Gasteiger partial charge in [-0.15, -0.1) is 5.10 Å². The molecular weight excluding hydrogens is 602 g/mol. The fraction of sp³-hybridized carbons (Fsp3) is 0.481. The lowest BCUT2D eigenvalue weighted by Gasteiger charge is -2.39. The number of aliphatic imine (C=N–C) groups is 1. The van der Waals surface area contributed by atoms with Crippen molar-refractivity contribution in [2.45, 2.75) is 75.9 Å². The number of nitrogens with zero attached hydrogens (tertiary/aromatic N) is 5. The van der Waals surface area contributed by atoms with Gasteiger partial charge in [0.05, 0.1) is 42.6 Å². The van der Waals surface area contributed by atoms with Crippen LogP contribution in [0.2, 0.25) is 0 Å². The molecule has 1 atom stereocenters. The molecule has 1 aliphatic heterocycles. The number of amidine groups is 1. The van der Waals surface area contributed by atoms with E-state index in [9.17, 15) is 31.1 Å². The summed E-state index contributed by atoms with van der Waals surface area (Å²) in [4.78, 5) is 17.5. The van der Waals surface area contributed by atoms with Crippen molar-refractivity contribution in [3.05, 3.63) is 65.9 Å². The highest BCUT2D eigenvalue weighted by Crippen LogP contribution is 2.47. The average Bonchev–Trinajstić information content (AvgIpc) is 3.70. The highest BCUT2D eigenvalue weighted by molar-refractivity contribution is 8.14. The van der Waals surface area contributed by atoms with Crippen LogP contribution in [-0.2, 0) is 35.4 Å². The first kappa shape index (κ1) is 30.9. The standard InChI is InChI=1S/C27H28F6N6O3S/c28-26(29,30)18-8-10-20(11-9-18)35-24-39(14-22-7-4-12-41-22)25(17-43-24,27(31,32)33)42-16-21-13-38(37-36-21)15-23(40)34-19-5-2-1-3-6-19/h4,7-13,19H,1-3,5-6,14-17H2,(H,34,40). The Labute approximate surface area is 246 Å². The maximum Gasteiger partial charge on any atom is 0.437 e. The quantitative estimate of drug-likeness (QED) is 0.288. The molecule has 232 valence electrons. The topological polar surface area (TPSA) is 97.8 Å². The molecule has 1 unspecified atom stereocenters. The van der Waals surface area contributed by atoms with Crippen LogP contribution in [0.4, 0.5) is 32.0 Å². The molecule has 5 rings (SSSR count). The lowest BCUT2D eigenvalue weighted by molar-refractivity contribution is -0.313. The Morgan fingerprint density at radius 2 is 1.86 bits per heavy atom. The first-order chi connectivity index (χ1) is 20.4. The van der Waals surface area contributed by atoms with Crippen molar-refractivity contribution in [2.75, 3.05) is 5.75 Å². The second-order valence-corrected chi connectivity index (χ2v) is 11.2. The van der Waals surface area contributed by atoms with E-state index in [-0.39, 0.29) is 47.3 Å². The van der Waals surface area contributed by atoms with Crippen LogP contribution >= 0.6 is 11.8 Å². The molecule has 1 saturated carbocycles. The fourth-order valence-corrected chi connectivity index (χ4v) is 6.20. The van der Waals surface area contributed by atoms with Crippen LogP contribution < -0.4 is 5.32 Å². The van der Waals surface area contributed by atoms with Gasteiger partial charge in [0.15, 0.2) is 5.17 Å². The van der Waals surface area contributed by atoms with E-state index in [4.69, 9.17) is 9.15 Å². The number of ether oxygens (including phenoxy) is 1. The van der Waals surface area contributed by atoms with E-state index < -0.39 is 36.0 Å². The molecular formula is C27H28F6N6O3S. The number of hydrogen-bond donors (Lipinski definition) is 1. The Hall–Kier alpha value is -3.53. The molecule has 16 heteroatoms. The third-order valence-corrected chi connectivity index (χ3v) is 8.25. The molecule has 1 amide bonds. The summed E-state index contributed by atoms with van der Waals surface area (Å²) in [6.07, 6.45) is -1.82. The minimum absolute atomic E-state index is 0.0346. The highest BCUT2D eigenvalue weighted by atomic mass is 32.2. The van der Waals surface area contributed by atoms with Crippen LogP contribution in [-0.4, -0.2) is 54.7 Å². The number of benzene rings is 1. The summed E-state index contributed by atoms with van der Waals surface area (Å²) in [6, 6.07) is 6.88. The molecule has 0 radical (unpaired) electrons. The molecule has 0 bridgehead atoms. The summed E-state index contributed by atoms with van der Waals surface area (Å²) >= 11 is 0.749. The van der Waals surface area contributed by atoms with Crippen LogP contribution in [0.5, 0.6) is 0 Å². The summed E-state index contributed by atoms with van der Waals surface area (Å²) in [7, 11) is 0. The fourth-order valence-electron chi connectivity index (χ4n) is 4.93. The molecule has 0 spiro atoms. The number of nitrogens with one attached hydrogen (secondary N) is 1. The van der Waals surface area contributed by atoms with E-state index in [1.165, 1.54) is 29.3 Å². The highest BCUT2D eigenvalue weighted by Gasteiger charge is 2.64. The Balaban J connectivity index is 1.34. The predicted octanol–water partition coefficient (Wildman–Crippen LogP) is 6.05. The summed E-state index contributed by atoms with van der Waals surface area (Å²) < 4.78 is 95.5. The Morgan fingerprint density at radius 1 is 1.12 bits per heavy atom. The minimum atomic E-state index is -4.93. The number of aromatic nitrogens is 3. The van der Waals surface area contributed by atoms with Gasteiger partial charge in [0.2, 0.25) is 5.91 Å². The van der Waals surface area contributed by atoms with E-state index in [0.29, 0.717) is 0 Å². The summed E-state index contributed by atoms with van der Waals surface area (Å²) in [5, 5.41) is 10.6. The van der Waals surface area contributed by atoms with Gasteiger partial charge in [-0.3, -0.25) is 4.79 Å². The predicted molar refractivity (Wildman–Crippen MR) is 144 cm³/mol. The van der Waals surface area contributed by atoms with Crippen LogP contribution in [0.1, 0.15) is 49.1 Å². The smallest absolute Gasteiger partial charge is 0.437 e. The van der Waals surface area contributed by atoms with Gasteiger partial charge in [-0.25, -0.2) is 9.67 Å². The monoisotopic (exact) mass is 630 g/mol. The second-order valence-electron chi connectivity index (χ2n) is 10.3. The van der Waals surface area contributed by atoms with Gasteiger partial charge < -0.3 is 19.4 Å². The number of halogens is 6. The van der Waals surface area contributed by atoms with Gasteiger partial charge in [-0.05, 0) is 49.2 Å². The zero-order chi connectivity index (χ0) is 30.7. The van der Waals surface area contributed by atoms with Crippen molar-refractivity contribution in [1.82, 2.24) is 25.2 Å². The average molecular weight is 631 g/mol. The van der Waals surface area contributed by atoms with Crippen molar-refractivity contribution in [3.8, 4) is 0 Å². The van der Waals surface area contributed by atoms with Crippen molar-refractivity contribution < 1.29 is 40.3 Å². The summed E-state index contributed by atoms with van der Waals surface area (Å²) in [6.45, 7) is -1.11. The van der Waals surface area contributed by atoms with Crippen molar-refractivity contribution in [2.24, 2.45) is 4.99 Å². The normalized spacial score (nSPS) is 21.1. The van der Waals surface area contributed by atoms with Crippen LogP contribution in [0.25, 0.3) is 0 Å². The molecule has 43 heavy (non-hydrogen) atoms. The number of carbonyl (C=O) groups excluding carboxylic acids is 1. The Morgan fingerprint density at radius 3 is 2.51 bits per heavy atom. The molecule has 2 aromatic heterocycles. The SMILES string of the molecule is O=C(Cn1cc(COC2(C(F)(F)F)CSC(=Nc3ccc(C(F)(F)F)cc3)N2Cc2ccco2)nn1)NC1CCCCC1.